The van der Waals surface area contributed by atoms with Gasteiger partial charge in [-0.1, -0.05) is 117 Å². The zero-order valence-corrected chi connectivity index (χ0v) is 27.3. The summed E-state index contributed by atoms with van der Waals surface area (Å²) in [5.74, 6) is 1.65. The minimum atomic E-state index is -4.41. The summed E-state index contributed by atoms with van der Waals surface area (Å²) in [6.45, 7) is 8.59. The normalized spacial score (nSPS) is 16.9. The number of unbranched alkanes of at least 4 members (excludes halogenated alkanes) is 16. The highest BCUT2D eigenvalue weighted by Gasteiger charge is 2.32. The Morgan fingerprint density at radius 1 is 0.825 bits per heavy atom. The van der Waals surface area contributed by atoms with Crippen molar-refractivity contribution in [1.82, 2.24) is 5.32 Å². The fourth-order valence-corrected chi connectivity index (χ4v) is 5.22. The molecule has 1 N–H and O–H groups in total. The highest BCUT2D eigenvalue weighted by atomic mass is 32.3. The molecule has 238 valence electrons. The average molecular weight is 590 g/mol. The van der Waals surface area contributed by atoms with Crippen molar-refractivity contribution in [2.45, 2.75) is 149 Å². The van der Waals surface area contributed by atoms with Crippen molar-refractivity contribution in [3.05, 3.63) is 0 Å². The maximum atomic E-state index is 12.2. The van der Waals surface area contributed by atoms with Crippen molar-refractivity contribution < 1.29 is 26.4 Å². The van der Waals surface area contributed by atoms with E-state index in [4.69, 9.17) is 4.99 Å². The lowest BCUT2D eigenvalue weighted by molar-refractivity contribution is -0.815. The van der Waals surface area contributed by atoms with Crippen LogP contribution in [0.15, 0.2) is 4.99 Å². The van der Waals surface area contributed by atoms with E-state index in [1.165, 1.54) is 115 Å². The molecule has 0 aromatic rings. The summed E-state index contributed by atoms with van der Waals surface area (Å²) in [7, 11) is -1.25. The van der Waals surface area contributed by atoms with Crippen LogP contribution < -0.4 is 5.32 Å². The molecular weight excluding hydrogens is 526 g/mol. The molecule has 1 rings (SSSR count). The van der Waals surface area contributed by atoms with Gasteiger partial charge < -0.3 is 9.87 Å². The van der Waals surface area contributed by atoms with Crippen molar-refractivity contribution >= 4 is 22.1 Å². The van der Waals surface area contributed by atoms with Gasteiger partial charge in [-0.3, -0.25) is 13.5 Å². The van der Waals surface area contributed by atoms with Gasteiger partial charge in [-0.05, 0) is 12.8 Å². The van der Waals surface area contributed by atoms with Crippen LogP contribution in [0.1, 0.15) is 149 Å². The zero-order valence-electron chi connectivity index (χ0n) is 26.5. The smallest absolute Gasteiger partial charge is 0.219 e. The molecule has 1 heterocycles. The number of carbonyl (C=O) groups is 1. The third-order valence-corrected chi connectivity index (χ3v) is 8.29. The lowest BCUT2D eigenvalue weighted by atomic mass is 10.1. The van der Waals surface area contributed by atoms with Crippen LogP contribution in [-0.2, 0) is 19.4 Å². The summed E-state index contributed by atoms with van der Waals surface area (Å²) in [4.78, 5) is 17.0. The van der Waals surface area contributed by atoms with E-state index in [2.05, 4.69) is 30.4 Å². The van der Waals surface area contributed by atoms with Crippen LogP contribution in [0.25, 0.3) is 0 Å². The van der Waals surface area contributed by atoms with Crippen LogP contribution in [0.3, 0.4) is 0 Å². The molecule has 0 spiro atoms. The first-order chi connectivity index (χ1) is 19.2. The Hall–Kier alpha value is -1.03. The van der Waals surface area contributed by atoms with Crippen LogP contribution in [0.4, 0.5) is 0 Å². The molecule has 40 heavy (non-hydrogen) atoms. The standard InChI is InChI=1S/C30H59N3O.CH4O4S/c1-4-6-8-10-12-14-16-18-20-23-29-31-26-28-33(29,3)27-22-25-32-30(34)24-21-19-17-15-13-11-9-7-5-2;1-5-6(2,3)4/h4-28H2,1-3H3;1H3,(H,2,3,4). The van der Waals surface area contributed by atoms with Crippen LogP contribution in [0.2, 0.25) is 0 Å². The maximum absolute atomic E-state index is 12.2. The minimum absolute atomic E-state index is 0.246. The Balaban J connectivity index is 0.00000227. The number of likely N-dealkylation sites (N-methyl/N-ethyl adjacent to an activating group) is 1. The largest absolute Gasteiger partial charge is 0.726 e. The molecule has 0 radical (unpaired) electrons. The molecule has 1 unspecified atom stereocenters. The lowest BCUT2D eigenvalue weighted by Gasteiger charge is -2.30. The SMILES string of the molecule is CCCCCCCCCCCC(=O)NCCC[N+]1(C)CCN=C1CCCCCCCCCCC.COS(=O)(=O)[O-]. The van der Waals surface area contributed by atoms with Crippen molar-refractivity contribution in [2.75, 3.05) is 40.3 Å². The first kappa shape index (κ1) is 39.0. The Kier molecular flexibility index (Phi) is 25.0. The maximum Gasteiger partial charge on any atom is 0.219 e. The van der Waals surface area contributed by atoms with E-state index in [1.54, 1.807) is 0 Å². The van der Waals surface area contributed by atoms with E-state index in [-0.39, 0.29) is 5.91 Å². The van der Waals surface area contributed by atoms with Gasteiger partial charge >= 0.3 is 0 Å². The Morgan fingerprint density at radius 3 is 1.75 bits per heavy atom. The first-order valence-corrected chi connectivity index (χ1v) is 17.7. The molecule has 0 fully saturated rings. The van der Waals surface area contributed by atoms with Crippen molar-refractivity contribution in [3.8, 4) is 0 Å². The number of aliphatic imine (C=N–C) groups is 1. The molecule has 0 aromatic heterocycles. The van der Waals surface area contributed by atoms with E-state index >= 15 is 0 Å². The number of amidine groups is 1. The highest BCUT2D eigenvalue weighted by molar-refractivity contribution is 7.80. The zero-order chi connectivity index (χ0) is 30.0. The average Bonchev–Trinajstić information content (AvgIpc) is 3.29. The molecule has 1 aliphatic rings. The summed E-state index contributed by atoms with van der Waals surface area (Å²) in [6, 6.07) is 0. The monoisotopic (exact) mass is 589 g/mol. The number of quaternary nitrogens is 1. The molecule has 9 heteroatoms. The van der Waals surface area contributed by atoms with Crippen LogP contribution in [0.5, 0.6) is 0 Å². The molecule has 1 atom stereocenters. The Morgan fingerprint density at radius 2 is 1.27 bits per heavy atom. The Bertz CT molecular complexity index is 745. The molecule has 0 aliphatic carbocycles. The van der Waals surface area contributed by atoms with Gasteiger partial charge in [0.15, 0.2) is 5.84 Å². The van der Waals surface area contributed by atoms with Gasteiger partial charge in [-0.25, -0.2) is 13.4 Å². The molecule has 0 bridgehead atoms. The van der Waals surface area contributed by atoms with Crippen LogP contribution in [-0.4, -0.2) is 69.5 Å². The summed E-state index contributed by atoms with van der Waals surface area (Å²) in [5, 5.41) is 3.16. The van der Waals surface area contributed by atoms with Gasteiger partial charge in [0.1, 0.15) is 6.54 Å². The Labute approximate surface area is 247 Å². The second kappa shape index (κ2) is 25.7. The molecule has 0 saturated heterocycles. The molecule has 1 aliphatic heterocycles. The van der Waals surface area contributed by atoms with Gasteiger partial charge in [-0.15, -0.1) is 0 Å². The molecule has 0 saturated carbocycles. The quantitative estimate of drug-likeness (QED) is 0.0521. The molecule has 8 nitrogen and oxygen atoms in total. The number of rotatable bonds is 25. The summed E-state index contributed by atoms with van der Waals surface area (Å²) >= 11 is 0. The van der Waals surface area contributed by atoms with Gasteiger partial charge in [0.05, 0.1) is 27.2 Å². The van der Waals surface area contributed by atoms with Gasteiger partial charge in [0.25, 0.3) is 0 Å². The molecule has 1 amide bonds. The van der Waals surface area contributed by atoms with E-state index in [9.17, 15) is 17.8 Å². The summed E-state index contributed by atoms with van der Waals surface area (Å²) in [5.41, 5.74) is 0. The third-order valence-electron chi connectivity index (χ3n) is 7.88. The second-order valence-corrected chi connectivity index (χ2v) is 12.7. The number of nitrogens with zero attached hydrogens (tertiary/aromatic N) is 2. The minimum Gasteiger partial charge on any atom is -0.726 e. The van der Waals surface area contributed by atoms with Crippen molar-refractivity contribution in [1.29, 1.82) is 0 Å². The lowest BCUT2D eigenvalue weighted by Crippen LogP contribution is -2.48. The number of nitrogens with one attached hydrogen (secondary N) is 1. The predicted molar refractivity (Wildman–Crippen MR) is 166 cm³/mol. The van der Waals surface area contributed by atoms with Gasteiger partial charge in [0.2, 0.25) is 16.3 Å². The van der Waals surface area contributed by atoms with Crippen LogP contribution >= 0.6 is 0 Å². The summed E-state index contributed by atoms with van der Waals surface area (Å²) < 4.78 is 32.0. The number of carbonyl (C=O) groups excluding carboxylic acids is 1. The summed E-state index contributed by atoms with van der Waals surface area (Å²) in [6.07, 6.45) is 27.1. The van der Waals surface area contributed by atoms with Gasteiger partial charge in [-0.2, -0.15) is 0 Å². The van der Waals surface area contributed by atoms with Crippen molar-refractivity contribution in [2.24, 2.45) is 4.99 Å². The van der Waals surface area contributed by atoms with E-state index in [0.717, 1.165) is 57.0 Å². The van der Waals surface area contributed by atoms with Crippen molar-refractivity contribution in [3.63, 3.8) is 0 Å². The fourth-order valence-electron chi connectivity index (χ4n) is 5.22. The second-order valence-electron chi connectivity index (χ2n) is 11.6. The fraction of sp³-hybridized carbons (Fsp3) is 0.935. The number of hydrogen-bond acceptors (Lipinski definition) is 6. The topological polar surface area (TPSA) is 108 Å². The number of hydrogen-bond donors (Lipinski definition) is 1. The predicted octanol–water partition coefficient (Wildman–Crippen LogP) is 7.29. The first-order valence-electron chi connectivity index (χ1n) is 16.3. The van der Waals surface area contributed by atoms with E-state index < -0.39 is 10.4 Å². The third kappa shape index (κ3) is 23.7. The van der Waals surface area contributed by atoms with Crippen LogP contribution in [0, 0.1) is 0 Å². The molecule has 0 aromatic carbocycles. The van der Waals surface area contributed by atoms with E-state index in [0.29, 0.717) is 6.42 Å². The van der Waals surface area contributed by atoms with E-state index in [1.807, 2.05) is 0 Å². The number of amides is 1. The highest BCUT2D eigenvalue weighted by Crippen LogP contribution is 2.19. The van der Waals surface area contributed by atoms with Gasteiger partial charge in [0, 0.05) is 25.8 Å². The molecular formula is C31H63N3O5S.